The van der Waals surface area contributed by atoms with E-state index in [0.717, 1.165) is 32.4 Å². The zero-order valence-corrected chi connectivity index (χ0v) is 16.2. The lowest BCUT2D eigenvalue weighted by Crippen LogP contribution is -2.07. The van der Waals surface area contributed by atoms with Crippen LogP contribution in [0.2, 0.25) is 0 Å². The van der Waals surface area contributed by atoms with Crippen molar-refractivity contribution in [2.24, 2.45) is 0 Å². The Bertz CT molecular complexity index is 1310. The molecule has 0 saturated carbocycles. The van der Waals surface area contributed by atoms with Crippen molar-refractivity contribution in [1.29, 1.82) is 0 Å². The van der Waals surface area contributed by atoms with Gasteiger partial charge in [0.2, 0.25) is 0 Å². The van der Waals surface area contributed by atoms with Crippen LogP contribution in [0.4, 0.5) is 0 Å². The van der Waals surface area contributed by atoms with Crippen LogP contribution in [0.25, 0.3) is 32.4 Å². The molecule has 3 heterocycles. The number of carbonyl (C=O) groups is 1. The summed E-state index contributed by atoms with van der Waals surface area (Å²) in [6, 6.07) is 19.7. The van der Waals surface area contributed by atoms with E-state index in [2.05, 4.69) is 22.1 Å². The largest absolute Gasteiger partial charge is 0.460 e. The second kappa shape index (κ2) is 7.48. The fraction of sp³-hybridized carbons (Fsp3) is 0.0870. The van der Waals surface area contributed by atoms with Crippen molar-refractivity contribution < 1.29 is 13.9 Å². The third-order valence-electron chi connectivity index (χ3n) is 4.61. The summed E-state index contributed by atoms with van der Waals surface area (Å²) >= 11 is 1.48. The molecule has 5 nitrogen and oxygen atoms in total. The maximum absolute atomic E-state index is 12.3. The molecule has 6 heteroatoms. The van der Waals surface area contributed by atoms with E-state index in [4.69, 9.17) is 9.15 Å². The van der Waals surface area contributed by atoms with Gasteiger partial charge in [-0.15, -0.1) is 11.3 Å². The normalized spacial score (nSPS) is 11.2. The number of aromatic nitrogens is 2. The van der Waals surface area contributed by atoms with Gasteiger partial charge in [-0.25, -0.2) is 4.98 Å². The average Bonchev–Trinajstić information content (AvgIpc) is 3.40. The fourth-order valence-electron chi connectivity index (χ4n) is 3.26. The second-order valence-electron chi connectivity index (χ2n) is 6.61. The number of hydrogen-bond acceptors (Lipinski definition) is 6. The molecule has 0 atom stereocenters. The molecule has 142 valence electrons. The lowest BCUT2D eigenvalue weighted by molar-refractivity contribution is -0.144. The van der Waals surface area contributed by atoms with Gasteiger partial charge < -0.3 is 9.15 Å². The minimum atomic E-state index is -0.347. The van der Waals surface area contributed by atoms with Crippen LogP contribution in [-0.4, -0.2) is 15.9 Å². The van der Waals surface area contributed by atoms with Crippen LogP contribution < -0.4 is 0 Å². The molecule has 2 aromatic carbocycles. The van der Waals surface area contributed by atoms with E-state index in [9.17, 15) is 4.79 Å². The highest BCUT2D eigenvalue weighted by Gasteiger charge is 2.13. The first-order chi connectivity index (χ1) is 14.3. The van der Waals surface area contributed by atoms with Crippen molar-refractivity contribution in [3.63, 3.8) is 0 Å². The number of benzene rings is 2. The Morgan fingerprint density at radius 3 is 2.83 bits per heavy atom. The molecule has 0 unspecified atom stereocenters. The molecule has 0 N–H and O–H groups in total. The Labute approximate surface area is 170 Å². The van der Waals surface area contributed by atoms with Crippen LogP contribution in [0, 0.1) is 0 Å². The summed E-state index contributed by atoms with van der Waals surface area (Å²) in [7, 11) is 0. The van der Waals surface area contributed by atoms with Crippen molar-refractivity contribution >= 4 is 39.0 Å². The first-order valence-corrected chi connectivity index (χ1v) is 10.1. The van der Waals surface area contributed by atoms with Crippen molar-refractivity contribution in [2.45, 2.75) is 13.0 Å². The van der Waals surface area contributed by atoms with Crippen LogP contribution in [0.1, 0.15) is 11.5 Å². The number of carbonyl (C=O) groups excluding carboxylic acids is 1. The third kappa shape index (κ3) is 3.62. The molecule has 0 fully saturated rings. The fourth-order valence-corrected chi connectivity index (χ4v) is 4.04. The first kappa shape index (κ1) is 17.6. The number of furan rings is 1. The number of rotatable bonds is 5. The summed E-state index contributed by atoms with van der Waals surface area (Å²) in [6.07, 6.45) is 1.81. The maximum atomic E-state index is 12.3. The van der Waals surface area contributed by atoms with Gasteiger partial charge in [-0.2, -0.15) is 0 Å². The summed E-state index contributed by atoms with van der Waals surface area (Å²) in [5.74, 6) is 0.245. The lowest BCUT2D eigenvalue weighted by Gasteiger charge is -2.01. The monoisotopic (exact) mass is 400 g/mol. The number of nitrogens with zero attached hydrogens (tertiary/aromatic N) is 2. The van der Waals surface area contributed by atoms with E-state index < -0.39 is 0 Å². The standard InChI is InChI=1S/C23H16N2O3S/c26-22(27-13-16-14-29-23(25-16)20-7-3-4-10-24-20)12-17-11-19-18-6-2-1-5-15(18)8-9-21(19)28-17/h1-11,14H,12-13H2. The van der Waals surface area contributed by atoms with Crippen LogP contribution in [0.5, 0.6) is 0 Å². The van der Waals surface area contributed by atoms with Crippen molar-refractivity contribution in [2.75, 3.05) is 0 Å². The van der Waals surface area contributed by atoms with E-state index in [1.165, 1.54) is 11.3 Å². The topological polar surface area (TPSA) is 65.2 Å². The highest BCUT2D eigenvalue weighted by atomic mass is 32.1. The summed E-state index contributed by atoms with van der Waals surface area (Å²) in [5.41, 5.74) is 2.29. The molecule has 0 amide bonds. The van der Waals surface area contributed by atoms with E-state index in [1.54, 1.807) is 6.20 Å². The van der Waals surface area contributed by atoms with Gasteiger partial charge in [0.25, 0.3) is 0 Å². The number of fused-ring (bicyclic) bond motifs is 3. The average molecular weight is 400 g/mol. The Morgan fingerprint density at radius 1 is 1.03 bits per heavy atom. The summed E-state index contributed by atoms with van der Waals surface area (Å²) < 4.78 is 11.2. The number of thiazole rings is 1. The third-order valence-corrected chi connectivity index (χ3v) is 5.53. The van der Waals surface area contributed by atoms with E-state index in [-0.39, 0.29) is 19.0 Å². The molecule has 29 heavy (non-hydrogen) atoms. The number of esters is 1. The number of pyridine rings is 1. The molecule has 5 aromatic rings. The van der Waals surface area contributed by atoms with Crippen molar-refractivity contribution in [3.8, 4) is 10.7 Å². The molecule has 5 rings (SSSR count). The first-order valence-electron chi connectivity index (χ1n) is 9.18. The molecule has 0 aliphatic carbocycles. The Morgan fingerprint density at radius 2 is 1.93 bits per heavy atom. The molecule has 0 spiro atoms. The highest BCUT2D eigenvalue weighted by molar-refractivity contribution is 7.13. The Hall–Kier alpha value is -3.51. The zero-order valence-electron chi connectivity index (χ0n) is 15.4. The number of ether oxygens (including phenoxy) is 1. The molecule has 0 saturated heterocycles. The van der Waals surface area contributed by atoms with Gasteiger partial charge >= 0.3 is 5.97 Å². The predicted molar refractivity (Wildman–Crippen MR) is 113 cm³/mol. The van der Waals surface area contributed by atoms with E-state index in [0.29, 0.717) is 11.5 Å². The van der Waals surface area contributed by atoms with Crippen LogP contribution >= 0.6 is 11.3 Å². The minimum Gasteiger partial charge on any atom is -0.460 e. The van der Waals surface area contributed by atoms with Gasteiger partial charge in [-0.1, -0.05) is 36.4 Å². The van der Waals surface area contributed by atoms with Gasteiger partial charge in [0.1, 0.15) is 29.4 Å². The molecular weight excluding hydrogens is 384 g/mol. The molecule has 0 aliphatic rings. The van der Waals surface area contributed by atoms with E-state index >= 15 is 0 Å². The van der Waals surface area contributed by atoms with Crippen LogP contribution in [0.15, 0.2) is 76.7 Å². The smallest absolute Gasteiger partial charge is 0.313 e. The molecule has 0 aliphatic heterocycles. The summed E-state index contributed by atoms with van der Waals surface area (Å²) in [6.45, 7) is 0.130. The van der Waals surface area contributed by atoms with Crippen molar-refractivity contribution in [1.82, 2.24) is 9.97 Å². The molecule has 3 aromatic heterocycles. The van der Waals surface area contributed by atoms with Gasteiger partial charge in [0.05, 0.1) is 11.4 Å². The maximum Gasteiger partial charge on any atom is 0.313 e. The highest BCUT2D eigenvalue weighted by Crippen LogP contribution is 2.28. The van der Waals surface area contributed by atoms with Crippen molar-refractivity contribution in [3.05, 3.63) is 83.7 Å². The van der Waals surface area contributed by atoms with Gasteiger partial charge in [-0.3, -0.25) is 9.78 Å². The second-order valence-corrected chi connectivity index (χ2v) is 7.47. The molecule has 0 bridgehead atoms. The van der Waals surface area contributed by atoms with Crippen LogP contribution in [-0.2, 0) is 22.6 Å². The minimum absolute atomic E-state index is 0.0836. The van der Waals surface area contributed by atoms with Crippen LogP contribution in [0.3, 0.4) is 0 Å². The van der Waals surface area contributed by atoms with Gasteiger partial charge in [0, 0.05) is 17.0 Å². The van der Waals surface area contributed by atoms with E-state index in [1.807, 2.05) is 53.9 Å². The summed E-state index contributed by atoms with van der Waals surface area (Å²) in [4.78, 5) is 21.1. The molecule has 0 radical (unpaired) electrons. The Kier molecular flexibility index (Phi) is 4.54. The predicted octanol–water partition coefficient (Wildman–Crippen LogP) is 5.39. The lowest BCUT2D eigenvalue weighted by atomic mass is 10.1. The number of hydrogen-bond donors (Lipinski definition) is 0. The SMILES string of the molecule is O=C(Cc1cc2c(ccc3ccccc32)o1)OCc1csc(-c2ccccn2)n1. The summed E-state index contributed by atoms with van der Waals surface area (Å²) in [5, 5.41) is 5.94. The molecular formula is C23H16N2O3S. The Balaban J connectivity index is 1.26. The zero-order chi connectivity index (χ0) is 19.6. The van der Waals surface area contributed by atoms with Gasteiger partial charge in [0.15, 0.2) is 0 Å². The van der Waals surface area contributed by atoms with Gasteiger partial charge in [-0.05, 0) is 35.0 Å². The quantitative estimate of drug-likeness (QED) is 0.370.